The number of hydrogen-bond acceptors (Lipinski definition) is 3. The molecule has 0 bridgehead atoms. The number of rotatable bonds is 5. The Morgan fingerprint density at radius 2 is 2.33 bits per heavy atom. The predicted octanol–water partition coefficient (Wildman–Crippen LogP) is 3.26. The van der Waals surface area contributed by atoms with Crippen LogP contribution >= 0.6 is 0 Å². The van der Waals surface area contributed by atoms with E-state index in [1.54, 1.807) is 0 Å². The fourth-order valence-corrected chi connectivity index (χ4v) is 2.44. The number of hydrogen-bond donors (Lipinski definition) is 0. The fraction of sp³-hybridized carbons (Fsp3) is 0.600. The maximum Gasteiger partial charge on any atom is 0.231 e. The number of fused-ring (bicyclic) bond motifs is 1. The van der Waals surface area contributed by atoms with Crippen molar-refractivity contribution in [1.29, 1.82) is 5.26 Å². The Balaban J connectivity index is 2.10. The summed E-state index contributed by atoms with van der Waals surface area (Å²) in [5.74, 6) is 1.04. The van der Waals surface area contributed by atoms with Crippen molar-refractivity contribution in [2.24, 2.45) is 5.92 Å². The van der Waals surface area contributed by atoms with Crippen LogP contribution in [0.15, 0.2) is 6.07 Å². The number of nitrogens with zero attached hydrogens (tertiary/aromatic N) is 2. The molecule has 96 valence electrons. The molecule has 0 fully saturated rings. The van der Waals surface area contributed by atoms with Crippen LogP contribution in [0.3, 0.4) is 0 Å². The highest BCUT2D eigenvalue weighted by Crippen LogP contribution is 2.26. The zero-order chi connectivity index (χ0) is 13.0. The highest BCUT2D eigenvalue weighted by atomic mass is 16.5. The molecule has 1 unspecified atom stereocenters. The van der Waals surface area contributed by atoms with Crippen molar-refractivity contribution in [2.45, 2.75) is 46.0 Å². The van der Waals surface area contributed by atoms with E-state index in [-0.39, 0.29) is 0 Å². The number of pyridine rings is 1. The minimum Gasteiger partial charge on any atom is -0.476 e. The van der Waals surface area contributed by atoms with Gasteiger partial charge in [-0.05, 0) is 43.2 Å². The van der Waals surface area contributed by atoms with Crippen molar-refractivity contribution < 1.29 is 4.74 Å². The van der Waals surface area contributed by atoms with E-state index >= 15 is 0 Å². The molecule has 0 spiro atoms. The van der Waals surface area contributed by atoms with Crippen LogP contribution in [0.4, 0.5) is 0 Å². The summed E-state index contributed by atoms with van der Waals surface area (Å²) in [6.45, 7) is 4.99. The van der Waals surface area contributed by atoms with Crippen molar-refractivity contribution in [3.8, 4) is 11.9 Å². The first kappa shape index (κ1) is 12.9. The van der Waals surface area contributed by atoms with Crippen molar-refractivity contribution in [1.82, 2.24) is 4.98 Å². The topological polar surface area (TPSA) is 45.9 Å². The highest BCUT2D eigenvalue weighted by molar-refractivity contribution is 5.44. The van der Waals surface area contributed by atoms with E-state index in [1.807, 2.05) is 6.07 Å². The molecule has 1 aliphatic carbocycles. The van der Waals surface area contributed by atoms with Crippen molar-refractivity contribution in [2.75, 3.05) is 6.61 Å². The van der Waals surface area contributed by atoms with Gasteiger partial charge in [0, 0.05) is 5.69 Å². The Labute approximate surface area is 109 Å². The van der Waals surface area contributed by atoms with Crippen LogP contribution in [0, 0.1) is 17.2 Å². The summed E-state index contributed by atoms with van der Waals surface area (Å²) >= 11 is 0. The lowest BCUT2D eigenvalue weighted by atomic mass is 10.1. The van der Waals surface area contributed by atoms with E-state index in [2.05, 4.69) is 24.9 Å². The average molecular weight is 244 g/mol. The zero-order valence-electron chi connectivity index (χ0n) is 11.2. The average Bonchev–Trinajstić information content (AvgIpc) is 2.82. The number of ether oxygens (including phenoxy) is 1. The molecule has 1 aromatic heterocycles. The molecule has 0 aromatic carbocycles. The van der Waals surface area contributed by atoms with Gasteiger partial charge < -0.3 is 4.74 Å². The Morgan fingerprint density at radius 3 is 3.06 bits per heavy atom. The first-order chi connectivity index (χ1) is 8.74. The molecule has 0 saturated carbocycles. The summed E-state index contributed by atoms with van der Waals surface area (Å²) in [4.78, 5) is 4.51. The molecular weight excluding hydrogens is 224 g/mol. The van der Waals surface area contributed by atoms with Crippen LogP contribution in [0.5, 0.6) is 5.88 Å². The quantitative estimate of drug-likeness (QED) is 0.798. The Hall–Kier alpha value is -1.56. The number of nitriles is 1. The molecule has 1 atom stereocenters. The van der Waals surface area contributed by atoms with Crippen LogP contribution in [-0.4, -0.2) is 11.6 Å². The molecule has 0 aliphatic heterocycles. The summed E-state index contributed by atoms with van der Waals surface area (Å²) in [6.07, 6.45) is 5.51. The van der Waals surface area contributed by atoms with Gasteiger partial charge in [-0.3, -0.25) is 0 Å². The van der Waals surface area contributed by atoms with E-state index in [4.69, 9.17) is 10.00 Å². The monoisotopic (exact) mass is 244 g/mol. The van der Waals surface area contributed by atoms with Gasteiger partial charge in [-0.15, -0.1) is 0 Å². The molecule has 2 rings (SSSR count). The van der Waals surface area contributed by atoms with Crippen molar-refractivity contribution in [3.05, 3.63) is 22.9 Å². The Kier molecular flexibility index (Phi) is 4.19. The van der Waals surface area contributed by atoms with Gasteiger partial charge in [0.15, 0.2) is 0 Å². The normalized spacial score (nSPS) is 14.9. The van der Waals surface area contributed by atoms with Crippen molar-refractivity contribution >= 4 is 0 Å². The lowest BCUT2D eigenvalue weighted by Crippen LogP contribution is -2.10. The molecule has 0 amide bonds. The number of aryl methyl sites for hydroxylation is 2. The fourth-order valence-electron chi connectivity index (χ4n) is 2.44. The van der Waals surface area contributed by atoms with E-state index in [1.165, 1.54) is 5.56 Å². The summed E-state index contributed by atoms with van der Waals surface area (Å²) in [6, 6.07) is 4.15. The van der Waals surface area contributed by atoms with Gasteiger partial charge in [0.25, 0.3) is 0 Å². The Bertz CT molecular complexity index is 462. The van der Waals surface area contributed by atoms with Gasteiger partial charge in [0.1, 0.15) is 11.6 Å². The van der Waals surface area contributed by atoms with Gasteiger partial charge in [-0.1, -0.05) is 20.3 Å². The summed E-state index contributed by atoms with van der Waals surface area (Å²) in [5.41, 5.74) is 2.92. The Morgan fingerprint density at radius 1 is 1.50 bits per heavy atom. The molecule has 1 aromatic rings. The van der Waals surface area contributed by atoms with Crippen LogP contribution in [-0.2, 0) is 12.8 Å². The second kappa shape index (κ2) is 5.86. The van der Waals surface area contributed by atoms with E-state index in [0.717, 1.165) is 37.8 Å². The minimum atomic E-state index is 0.511. The molecule has 3 heteroatoms. The van der Waals surface area contributed by atoms with Crippen LogP contribution in [0.1, 0.15) is 49.9 Å². The van der Waals surface area contributed by atoms with Gasteiger partial charge in [-0.2, -0.15) is 5.26 Å². The van der Waals surface area contributed by atoms with Crippen LogP contribution in [0.25, 0.3) is 0 Å². The third-order valence-electron chi connectivity index (χ3n) is 3.42. The summed E-state index contributed by atoms with van der Waals surface area (Å²) < 4.78 is 5.73. The minimum absolute atomic E-state index is 0.511. The van der Waals surface area contributed by atoms with Gasteiger partial charge in [0.2, 0.25) is 5.88 Å². The molecule has 1 aliphatic rings. The van der Waals surface area contributed by atoms with Gasteiger partial charge >= 0.3 is 0 Å². The highest BCUT2D eigenvalue weighted by Gasteiger charge is 2.17. The van der Waals surface area contributed by atoms with E-state index in [9.17, 15) is 0 Å². The second-order valence-electron chi connectivity index (χ2n) is 5.12. The number of aromatic nitrogens is 1. The predicted molar refractivity (Wildman–Crippen MR) is 70.5 cm³/mol. The second-order valence-corrected chi connectivity index (χ2v) is 5.12. The largest absolute Gasteiger partial charge is 0.476 e. The lowest BCUT2D eigenvalue weighted by Gasteiger charge is -2.13. The molecule has 1 heterocycles. The maximum atomic E-state index is 9.15. The zero-order valence-corrected chi connectivity index (χ0v) is 11.2. The first-order valence-electron chi connectivity index (χ1n) is 6.80. The maximum absolute atomic E-state index is 9.15. The third-order valence-corrected chi connectivity index (χ3v) is 3.42. The standard InChI is InChI=1S/C15H20N2O/c1-3-5-11(2)10-18-15-13(9-16)8-12-6-4-7-14(12)17-15/h8,11H,3-7,10H2,1-2H3. The SMILES string of the molecule is CCCC(C)COc1nc2c(cc1C#N)CCC2. The molecule has 0 N–H and O–H groups in total. The van der Waals surface area contributed by atoms with Crippen LogP contribution < -0.4 is 4.74 Å². The molecular formula is C15H20N2O. The molecule has 18 heavy (non-hydrogen) atoms. The molecule has 0 saturated heterocycles. The van der Waals surface area contributed by atoms with Gasteiger partial charge in [0.05, 0.1) is 6.61 Å². The smallest absolute Gasteiger partial charge is 0.231 e. The van der Waals surface area contributed by atoms with Crippen molar-refractivity contribution in [3.63, 3.8) is 0 Å². The summed E-state index contributed by atoms with van der Waals surface area (Å²) in [5, 5.41) is 9.15. The molecule has 0 radical (unpaired) electrons. The summed E-state index contributed by atoms with van der Waals surface area (Å²) in [7, 11) is 0. The van der Waals surface area contributed by atoms with Gasteiger partial charge in [-0.25, -0.2) is 4.98 Å². The van der Waals surface area contributed by atoms with Crippen LogP contribution in [0.2, 0.25) is 0 Å². The molecule has 3 nitrogen and oxygen atoms in total. The first-order valence-corrected chi connectivity index (χ1v) is 6.80. The lowest BCUT2D eigenvalue weighted by molar-refractivity contribution is 0.242. The van der Waals surface area contributed by atoms with E-state index in [0.29, 0.717) is 24.0 Å². The van der Waals surface area contributed by atoms with E-state index < -0.39 is 0 Å². The third kappa shape index (κ3) is 2.81.